The molecule has 31 heavy (non-hydrogen) atoms. The normalized spacial score (nSPS) is 23.9. The maximum Gasteiger partial charge on any atom is 0.325 e. The van der Waals surface area contributed by atoms with E-state index in [4.69, 9.17) is 9.98 Å². The Kier molecular flexibility index (Phi) is 5.75. The number of piperidine rings is 1. The number of thiazole rings is 1. The van der Waals surface area contributed by atoms with Gasteiger partial charge < -0.3 is 14.7 Å². The minimum atomic E-state index is -0.452. The summed E-state index contributed by atoms with van der Waals surface area (Å²) < 4.78 is 2.28. The maximum absolute atomic E-state index is 12.7. The smallest absolute Gasteiger partial charge is 0.325 e. The Labute approximate surface area is 189 Å². The molecule has 2 aromatic rings. The summed E-state index contributed by atoms with van der Waals surface area (Å²) in [5.74, 6) is 1.54. The predicted octanol–water partition coefficient (Wildman–Crippen LogP) is 2.81. The lowest BCUT2D eigenvalue weighted by Gasteiger charge is -2.38. The number of aromatic nitrogens is 1. The molecule has 0 saturated carbocycles. The van der Waals surface area contributed by atoms with Crippen molar-refractivity contribution in [3.63, 3.8) is 0 Å². The van der Waals surface area contributed by atoms with E-state index in [1.54, 1.807) is 35.0 Å². The molecule has 5 rings (SSSR count). The van der Waals surface area contributed by atoms with E-state index in [0.717, 1.165) is 60.5 Å². The first-order valence-corrected chi connectivity index (χ1v) is 12.6. The van der Waals surface area contributed by atoms with Crippen LogP contribution in [0.5, 0.6) is 0 Å². The highest BCUT2D eigenvalue weighted by Gasteiger charge is 2.49. The highest BCUT2D eigenvalue weighted by molar-refractivity contribution is 8.01. The van der Waals surface area contributed by atoms with Crippen LogP contribution in [0.25, 0.3) is 10.2 Å². The SMILES string of the molecule is CN1C(=O)NC(=O)C2C1N=C(N1CCCCC1)N2CCCSc1nc2ccccc2s1. The van der Waals surface area contributed by atoms with Gasteiger partial charge in [-0.3, -0.25) is 10.1 Å². The molecule has 0 radical (unpaired) electrons. The zero-order valence-electron chi connectivity index (χ0n) is 17.5. The minimum absolute atomic E-state index is 0.248. The Morgan fingerprint density at radius 1 is 1.19 bits per heavy atom. The molecule has 3 amide bonds. The van der Waals surface area contributed by atoms with Gasteiger partial charge in [-0.25, -0.2) is 14.8 Å². The third-order valence-corrected chi connectivity index (χ3v) is 8.29. The Hall–Kier alpha value is -2.33. The summed E-state index contributed by atoms with van der Waals surface area (Å²) in [6, 6.07) is 7.37. The highest BCUT2D eigenvalue weighted by atomic mass is 32.2. The molecule has 1 aromatic carbocycles. The van der Waals surface area contributed by atoms with E-state index < -0.39 is 12.2 Å². The van der Waals surface area contributed by atoms with Gasteiger partial charge in [-0.05, 0) is 37.8 Å². The van der Waals surface area contributed by atoms with Gasteiger partial charge in [-0.1, -0.05) is 23.9 Å². The van der Waals surface area contributed by atoms with Crippen molar-refractivity contribution in [3.8, 4) is 0 Å². The zero-order chi connectivity index (χ0) is 21.4. The number of thioether (sulfide) groups is 1. The lowest BCUT2D eigenvalue weighted by atomic mass is 10.1. The van der Waals surface area contributed by atoms with Crippen molar-refractivity contribution < 1.29 is 9.59 Å². The van der Waals surface area contributed by atoms with Gasteiger partial charge in [0.05, 0.1) is 10.2 Å². The van der Waals surface area contributed by atoms with Gasteiger partial charge in [0.2, 0.25) is 0 Å². The third-order valence-electron chi connectivity index (χ3n) is 6.02. The number of likely N-dealkylation sites (N-methyl/N-ethyl adjacent to an activating group) is 1. The Morgan fingerprint density at radius 3 is 2.81 bits per heavy atom. The number of nitrogens with one attached hydrogen (secondary N) is 1. The number of hydrogen-bond acceptors (Lipinski definition) is 8. The largest absolute Gasteiger partial charge is 0.343 e. The van der Waals surface area contributed by atoms with Gasteiger partial charge in [-0.2, -0.15) is 0 Å². The number of carbonyl (C=O) groups is 2. The summed E-state index contributed by atoms with van der Waals surface area (Å²) in [4.78, 5) is 40.3. The first-order chi connectivity index (χ1) is 15.1. The number of likely N-dealkylation sites (tertiary alicyclic amines) is 1. The third kappa shape index (κ3) is 3.98. The van der Waals surface area contributed by atoms with Crippen LogP contribution >= 0.6 is 23.1 Å². The molecule has 2 fully saturated rings. The van der Waals surface area contributed by atoms with Crippen LogP contribution in [0, 0.1) is 0 Å². The zero-order valence-corrected chi connectivity index (χ0v) is 19.1. The summed E-state index contributed by atoms with van der Waals surface area (Å²) in [6.07, 6.45) is 3.96. The molecule has 1 aromatic heterocycles. The molecule has 0 bridgehead atoms. The van der Waals surface area contributed by atoms with Crippen LogP contribution in [0.2, 0.25) is 0 Å². The number of carbonyl (C=O) groups excluding carboxylic acids is 2. The van der Waals surface area contributed by atoms with E-state index in [1.807, 2.05) is 18.2 Å². The summed E-state index contributed by atoms with van der Waals surface area (Å²) >= 11 is 3.48. The number of rotatable bonds is 5. The van der Waals surface area contributed by atoms with Crippen LogP contribution in [-0.2, 0) is 4.79 Å². The molecule has 8 nitrogen and oxygen atoms in total. The number of para-hydroxylation sites is 1. The van der Waals surface area contributed by atoms with Gasteiger partial charge in [0.15, 0.2) is 22.5 Å². The molecule has 0 aliphatic carbocycles. The van der Waals surface area contributed by atoms with Gasteiger partial charge in [-0.15, -0.1) is 11.3 Å². The van der Waals surface area contributed by atoms with Crippen molar-refractivity contribution in [1.29, 1.82) is 0 Å². The molecule has 0 spiro atoms. The predicted molar refractivity (Wildman–Crippen MR) is 123 cm³/mol. The lowest BCUT2D eigenvalue weighted by molar-refractivity contribution is -0.127. The number of aliphatic imine (C=N–C) groups is 1. The fourth-order valence-electron chi connectivity index (χ4n) is 4.41. The first-order valence-electron chi connectivity index (χ1n) is 10.8. The van der Waals surface area contributed by atoms with Crippen LogP contribution in [0.3, 0.4) is 0 Å². The standard InChI is InChI=1S/C21H26N6O2S2/c1-25-17-16(18(28)24-20(25)29)27(19(23-17)26-10-5-2-6-11-26)12-7-13-30-21-22-14-8-3-4-9-15(14)31-21/h3-4,8-9,16-17H,2,5-7,10-13H2,1H3,(H,24,28,29). The van der Waals surface area contributed by atoms with Crippen LogP contribution in [0.1, 0.15) is 25.7 Å². The number of fused-ring (bicyclic) bond motifs is 2. The first kappa shape index (κ1) is 20.6. The van der Waals surface area contributed by atoms with Gasteiger partial charge >= 0.3 is 6.03 Å². The molecular weight excluding hydrogens is 432 g/mol. The minimum Gasteiger partial charge on any atom is -0.343 e. The van der Waals surface area contributed by atoms with E-state index >= 15 is 0 Å². The molecule has 4 heterocycles. The van der Waals surface area contributed by atoms with Crippen molar-refractivity contribution in [2.24, 2.45) is 4.99 Å². The molecule has 3 aliphatic rings. The molecule has 3 aliphatic heterocycles. The topological polar surface area (TPSA) is 81.1 Å². The number of nitrogens with zero attached hydrogens (tertiary/aromatic N) is 5. The molecule has 1 N–H and O–H groups in total. The number of amides is 3. The average Bonchev–Trinajstić information content (AvgIpc) is 3.37. The van der Waals surface area contributed by atoms with E-state index in [-0.39, 0.29) is 11.9 Å². The van der Waals surface area contributed by atoms with E-state index in [2.05, 4.69) is 21.2 Å². The van der Waals surface area contributed by atoms with Crippen molar-refractivity contribution in [2.45, 2.75) is 42.2 Å². The van der Waals surface area contributed by atoms with Crippen LogP contribution in [0.15, 0.2) is 33.6 Å². The Bertz CT molecular complexity index is 985. The van der Waals surface area contributed by atoms with Crippen molar-refractivity contribution in [1.82, 2.24) is 25.0 Å². The number of hydrogen-bond donors (Lipinski definition) is 1. The average molecular weight is 459 g/mol. The lowest BCUT2D eigenvalue weighted by Crippen LogP contribution is -2.64. The summed E-state index contributed by atoms with van der Waals surface area (Å²) in [7, 11) is 1.71. The van der Waals surface area contributed by atoms with Gasteiger partial charge in [0.1, 0.15) is 0 Å². The maximum atomic E-state index is 12.7. The quantitative estimate of drug-likeness (QED) is 0.548. The number of urea groups is 1. The number of imide groups is 1. The Morgan fingerprint density at radius 2 is 2.00 bits per heavy atom. The molecule has 10 heteroatoms. The van der Waals surface area contributed by atoms with E-state index in [0.29, 0.717) is 0 Å². The Balaban J connectivity index is 1.27. The summed E-state index contributed by atoms with van der Waals surface area (Å²) in [5, 5.41) is 2.49. The molecule has 2 unspecified atom stereocenters. The highest BCUT2D eigenvalue weighted by Crippen LogP contribution is 2.31. The van der Waals surface area contributed by atoms with Crippen molar-refractivity contribution in [3.05, 3.63) is 24.3 Å². The van der Waals surface area contributed by atoms with Crippen LogP contribution in [0.4, 0.5) is 4.79 Å². The van der Waals surface area contributed by atoms with Gasteiger partial charge in [0, 0.05) is 32.4 Å². The van der Waals surface area contributed by atoms with E-state index in [9.17, 15) is 9.59 Å². The van der Waals surface area contributed by atoms with E-state index in [1.165, 1.54) is 11.1 Å². The summed E-state index contributed by atoms with van der Waals surface area (Å²) in [5.41, 5.74) is 1.04. The second kappa shape index (κ2) is 8.66. The second-order valence-corrected chi connectivity index (χ2v) is 10.5. The number of guanidine groups is 1. The summed E-state index contributed by atoms with van der Waals surface area (Å²) in [6.45, 7) is 2.63. The monoisotopic (exact) mass is 458 g/mol. The fraction of sp³-hybridized carbons (Fsp3) is 0.524. The molecule has 2 saturated heterocycles. The van der Waals surface area contributed by atoms with Gasteiger partial charge in [0.25, 0.3) is 5.91 Å². The van der Waals surface area contributed by atoms with Crippen LogP contribution < -0.4 is 5.32 Å². The fourth-order valence-corrected chi connectivity index (χ4v) is 6.48. The van der Waals surface area contributed by atoms with Crippen molar-refractivity contribution >= 4 is 51.2 Å². The second-order valence-electron chi connectivity index (χ2n) is 8.08. The molecule has 164 valence electrons. The molecule has 2 atom stereocenters. The van der Waals surface area contributed by atoms with Crippen molar-refractivity contribution in [2.75, 3.05) is 32.4 Å². The van der Waals surface area contributed by atoms with Crippen LogP contribution in [-0.4, -0.2) is 82.2 Å². The molecular formula is C21H26N6O2S2. The number of benzene rings is 1.